The van der Waals surface area contributed by atoms with Crippen LogP contribution in [0.1, 0.15) is 33.6 Å². The van der Waals surface area contributed by atoms with Gasteiger partial charge in [-0.2, -0.15) is 0 Å². The van der Waals surface area contributed by atoms with Crippen molar-refractivity contribution in [3.63, 3.8) is 0 Å². The predicted octanol–water partition coefficient (Wildman–Crippen LogP) is 1.93. The summed E-state index contributed by atoms with van der Waals surface area (Å²) in [4.78, 5) is 27.0. The van der Waals surface area contributed by atoms with E-state index in [1.165, 1.54) is 11.3 Å². The number of thiophene rings is 1. The monoisotopic (exact) mass is 462 g/mol. The summed E-state index contributed by atoms with van der Waals surface area (Å²) in [6.07, 6.45) is 2.18. The number of benzene rings is 1. The quantitative estimate of drug-likeness (QED) is 0.718. The highest BCUT2D eigenvalue weighted by molar-refractivity contribution is 7.91. The molecule has 0 radical (unpaired) electrons. The van der Waals surface area contributed by atoms with Crippen LogP contribution < -0.4 is 20.1 Å². The van der Waals surface area contributed by atoms with Gasteiger partial charge in [0.05, 0.1) is 17.1 Å². The van der Waals surface area contributed by atoms with Crippen molar-refractivity contribution in [2.45, 2.75) is 37.8 Å². The first-order valence-corrected chi connectivity index (χ1v) is 12.9. The molecule has 0 unspecified atom stereocenters. The summed E-state index contributed by atoms with van der Waals surface area (Å²) in [5.41, 5.74) is 1.40. The van der Waals surface area contributed by atoms with Gasteiger partial charge < -0.3 is 20.1 Å². The second-order valence-electron chi connectivity index (χ2n) is 7.99. The zero-order valence-corrected chi connectivity index (χ0v) is 18.3. The van der Waals surface area contributed by atoms with Crippen LogP contribution in [0.2, 0.25) is 0 Å². The summed E-state index contributed by atoms with van der Waals surface area (Å²) in [5, 5.41) is 6.19. The number of carbonyl (C=O) groups excluding carboxylic acids is 2. The molecule has 10 heteroatoms. The lowest BCUT2D eigenvalue weighted by molar-refractivity contribution is -0.125. The van der Waals surface area contributed by atoms with Crippen LogP contribution in [-0.4, -0.2) is 50.5 Å². The Morgan fingerprint density at radius 3 is 2.71 bits per heavy atom. The molecule has 0 bridgehead atoms. The second kappa shape index (κ2) is 7.83. The third-order valence-corrected chi connectivity index (χ3v) is 8.73. The maximum absolute atomic E-state index is 13.1. The van der Waals surface area contributed by atoms with Crippen LogP contribution in [0.3, 0.4) is 0 Å². The Bertz CT molecular complexity index is 1160. The summed E-state index contributed by atoms with van der Waals surface area (Å²) in [7, 11) is -3.10. The van der Waals surface area contributed by atoms with Gasteiger partial charge in [-0.15, -0.1) is 11.3 Å². The first-order chi connectivity index (χ1) is 14.9. The zero-order valence-electron chi connectivity index (χ0n) is 16.7. The molecule has 0 saturated carbocycles. The van der Waals surface area contributed by atoms with Gasteiger partial charge in [0.2, 0.25) is 6.10 Å². The maximum atomic E-state index is 13.1. The van der Waals surface area contributed by atoms with E-state index in [1.54, 1.807) is 18.2 Å². The Labute approximate surface area is 183 Å². The number of hydrogen-bond acceptors (Lipinski definition) is 7. The number of ether oxygens (including phenoxy) is 2. The van der Waals surface area contributed by atoms with Crippen molar-refractivity contribution >= 4 is 38.0 Å². The Morgan fingerprint density at radius 1 is 1.13 bits per heavy atom. The van der Waals surface area contributed by atoms with E-state index in [1.807, 2.05) is 6.07 Å². The normalized spacial score (nSPS) is 23.2. The summed E-state index contributed by atoms with van der Waals surface area (Å²) in [6, 6.07) is 6.75. The number of fused-ring (bicyclic) bond motifs is 2. The van der Waals surface area contributed by atoms with Crippen molar-refractivity contribution in [3.8, 4) is 11.5 Å². The van der Waals surface area contributed by atoms with Crippen molar-refractivity contribution in [2.75, 3.05) is 23.4 Å². The summed E-state index contributed by atoms with van der Waals surface area (Å²) < 4.78 is 34.9. The van der Waals surface area contributed by atoms with Crippen LogP contribution in [0.15, 0.2) is 24.3 Å². The van der Waals surface area contributed by atoms with Gasteiger partial charge in [0.15, 0.2) is 21.3 Å². The minimum Gasteiger partial charge on any atom is -0.485 e. The Balaban J connectivity index is 1.34. The molecular formula is C21H22N2O6S2. The average molecular weight is 463 g/mol. The minimum atomic E-state index is -3.10. The first-order valence-electron chi connectivity index (χ1n) is 10.2. The van der Waals surface area contributed by atoms with Gasteiger partial charge in [0, 0.05) is 10.9 Å². The van der Waals surface area contributed by atoms with Gasteiger partial charge in [-0.05, 0) is 43.4 Å². The van der Waals surface area contributed by atoms with Gasteiger partial charge in [0.25, 0.3) is 11.8 Å². The molecule has 2 atom stereocenters. The first kappa shape index (κ1) is 20.3. The summed E-state index contributed by atoms with van der Waals surface area (Å²) >= 11 is 1.41. The van der Waals surface area contributed by atoms with E-state index >= 15 is 0 Å². The maximum Gasteiger partial charge on any atom is 0.269 e. The van der Waals surface area contributed by atoms with Crippen molar-refractivity contribution in [2.24, 2.45) is 0 Å². The number of anilines is 1. The van der Waals surface area contributed by atoms with E-state index < -0.39 is 22.0 Å². The number of nitrogens with one attached hydrogen (secondary N) is 2. The molecule has 2 aromatic rings. The van der Waals surface area contributed by atoms with E-state index in [0.717, 1.165) is 29.7 Å². The molecule has 5 rings (SSSR count). The highest BCUT2D eigenvalue weighted by Crippen LogP contribution is 2.39. The van der Waals surface area contributed by atoms with Gasteiger partial charge in [-0.1, -0.05) is 12.1 Å². The van der Waals surface area contributed by atoms with Gasteiger partial charge >= 0.3 is 0 Å². The molecule has 31 heavy (non-hydrogen) atoms. The molecule has 164 valence electrons. The molecule has 1 aromatic carbocycles. The predicted molar refractivity (Wildman–Crippen MR) is 116 cm³/mol. The summed E-state index contributed by atoms with van der Waals surface area (Å²) in [6.45, 7) is 0.0788. The Morgan fingerprint density at radius 2 is 1.94 bits per heavy atom. The van der Waals surface area contributed by atoms with E-state index in [2.05, 4.69) is 10.6 Å². The SMILES string of the molecule is O=C(N[C@H]1CCS(=O)(=O)C1)c1c(NC(=O)[C@H]2COc3ccccc3O2)sc2c1CCC2. The van der Waals surface area contributed by atoms with E-state index in [9.17, 15) is 18.0 Å². The van der Waals surface area contributed by atoms with E-state index in [0.29, 0.717) is 28.5 Å². The lowest BCUT2D eigenvalue weighted by Crippen LogP contribution is -2.41. The Hall–Kier alpha value is -2.59. The van der Waals surface area contributed by atoms with Gasteiger partial charge in [-0.3, -0.25) is 9.59 Å². The number of para-hydroxylation sites is 2. The third-order valence-electron chi connectivity index (χ3n) is 5.75. The molecule has 3 heterocycles. The molecule has 1 fully saturated rings. The largest absolute Gasteiger partial charge is 0.485 e. The fourth-order valence-electron chi connectivity index (χ4n) is 4.24. The van der Waals surface area contributed by atoms with Crippen LogP contribution in [-0.2, 0) is 27.5 Å². The lowest BCUT2D eigenvalue weighted by atomic mass is 10.1. The van der Waals surface area contributed by atoms with Gasteiger partial charge in [-0.25, -0.2) is 8.42 Å². The molecule has 2 N–H and O–H groups in total. The topological polar surface area (TPSA) is 111 Å². The molecule has 8 nitrogen and oxygen atoms in total. The van der Waals surface area contributed by atoms with Crippen molar-refractivity contribution in [1.29, 1.82) is 0 Å². The molecular weight excluding hydrogens is 440 g/mol. The zero-order chi connectivity index (χ0) is 21.6. The molecule has 0 spiro atoms. The van der Waals surface area contributed by atoms with Gasteiger partial charge in [0.1, 0.15) is 11.6 Å². The van der Waals surface area contributed by atoms with E-state index in [4.69, 9.17) is 9.47 Å². The number of aryl methyl sites for hydroxylation is 1. The minimum absolute atomic E-state index is 0.0422. The molecule has 1 aliphatic carbocycles. The number of amides is 2. The molecule has 2 aliphatic heterocycles. The van der Waals surface area contributed by atoms with Crippen LogP contribution in [0.5, 0.6) is 11.5 Å². The van der Waals surface area contributed by atoms with Crippen molar-refractivity contribution in [1.82, 2.24) is 5.32 Å². The van der Waals surface area contributed by atoms with Crippen molar-refractivity contribution in [3.05, 3.63) is 40.3 Å². The number of sulfone groups is 1. The van der Waals surface area contributed by atoms with E-state index in [-0.39, 0.29) is 29.9 Å². The number of carbonyl (C=O) groups is 2. The van der Waals surface area contributed by atoms with Crippen LogP contribution in [0, 0.1) is 0 Å². The highest BCUT2D eigenvalue weighted by atomic mass is 32.2. The Kier molecular flexibility index (Phi) is 5.13. The summed E-state index contributed by atoms with van der Waals surface area (Å²) in [5.74, 6) is 0.425. The van der Waals surface area contributed by atoms with Crippen LogP contribution in [0.4, 0.5) is 5.00 Å². The molecule has 3 aliphatic rings. The number of hydrogen-bond donors (Lipinski definition) is 2. The molecule has 1 saturated heterocycles. The number of rotatable bonds is 4. The van der Waals surface area contributed by atoms with Crippen LogP contribution in [0.25, 0.3) is 0 Å². The third kappa shape index (κ3) is 4.01. The fourth-order valence-corrected chi connectivity index (χ4v) is 7.20. The smallest absolute Gasteiger partial charge is 0.269 e. The fraction of sp³-hybridized carbons (Fsp3) is 0.429. The molecule has 2 amide bonds. The second-order valence-corrected chi connectivity index (χ2v) is 11.3. The van der Waals surface area contributed by atoms with Crippen LogP contribution >= 0.6 is 11.3 Å². The molecule has 1 aromatic heterocycles. The lowest BCUT2D eigenvalue weighted by Gasteiger charge is -2.25. The highest BCUT2D eigenvalue weighted by Gasteiger charge is 2.34. The average Bonchev–Trinajstić information content (AvgIpc) is 3.41. The van der Waals surface area contributed by atoms with Crippen molar-refractivity contribution < 1.29 is 27.5 Å². The standard InChI is InChI=1S/C21H22N2O6S2/c24-19(16-10-28-14-5-1-2-6-15(14)29-16)23-21-18(13-4-3-7-17(13)30-21)20(25)22-12-8-9-31(26,27)11-12/h1-2,5-6,12,16H,3-4,7-11H2,(H,22,25)(H,23,24)/t12-,16+/m0/s1.